The number of allylic oxidation sites excluding steroid dienone is 4. The molecule has 0 fully saturated rings. The van der Waals surface area contributed by atoms with E-state index in [4.69, 9.17) is 0 Å². The van der Waals surface area contributed by atoms with E-state index >= 15 is 0 Å². The van der Waals surface area contributed by atoms with Gasteiger partial charge in [-0.3, -0.25) is 13.9 Å². The highest BCUT2D eigenvalue weighted by Gasteiger charge is 2.46. The zero-order valence-electron chi connectivity index (χ0n) is 25.2. The van der Waals surface area contributed by atoms with Crippen molar-refractivity contribution in [1.29, 1.82) is 0 Å². The minimum atomic E-state index is -4.14. The Morgan fingerprint density at radius 1 is 0.818 bits per heavy atom. The van der Waals surface area contributed by atoms with Crippen LogP contribution in [-0.2, 0) is 35.9 Å². The highest BCUT2D eigenvalue weighted by molar-refractivity contribution is 7.86. The quantitative estimate of drug-likeness (QED) is 0.245. The van der Waals surface area contributed by atoms with Gasteiger partial charge >= 0.3 is 0 Å². The number of carbonyl (C=O) groups is 1. The second-order valence-corrected chi connectivity index (χ2v) is 15.8. The third kappa shape index (κ3) is 5.83. The number of fused-ring (bicyclic) bond motifs is 2. The molecule has 44 heavy (non-hydrogen) atoms. The number of hydrogen-bond acceptors (Lipinski definition) is 8. The van der Waals surface area contributed by atoms with Crippen LogP contribution in [0.15, 0.2) is 83.3 Å². The number of Topliss-reactive ketones (excluding diaryl/α,β-unsaturated/α-hetero) is 1. The number of aliphatic hydroxyl groups excluding tert-OH is 1. The second-order valence-electron chi connectivity index (χ2n) is 12.7. The smallest absolute Gasteiger partial charge is 0.264 e. The normalized spacial score (nSPS) is 22.5. The summed E-state index contributed by atoms with van der Waals surface area (Å²) < 4.78 is 64.1. The van der Waals surface area contributed by atoms with Crippen molar-refractivity contribution in [2.45, 2.75) is 57.4 Å². The molecule has 0 radical (unpaired) electrons. The minimum absolute atomic E-state index is 0.142. The highest BCUT2D eigenvalue weighted by atomic mass is 32.2. The molecule has 0 saturated carbocycles. The molecule has 0 bridgehead atoms. The lowest BCUT2D eigenvalue weighted by atomic mass is 9.76. The van der Waals surface area contributed by atoms with Crippen LogP contribution in [0.1, 0.15) is 51.7 Å². The fourth-order valence-corrected chi connectivity index (χ4v) is 7.70. The fraction of sp³-hybridized carbons (Fsp3) is 0.406. The number of ketones is 1. The van der Waals surface area contributed by atoms with Crippen molar-refractivity contribution in [2.24, 2.45) is 0 Å². The molecule has 0 aromatic heterocycles. The molecule has 0 saturated heterocycles. The van der Waals surface area contributed by atoms with E-state index in [1.807, 2.05) is 86.0 Å². The van der Waals surface area contributed by atoms with Crippen molar-refractivity contribution < 1.29 is 35.8 Å². The maximum Gasteiger partial charge on any atom is 0.264 e. The average Bonchev–Trinajstić information content (AvgIpc) is 3.27. The van der Waals surface area contributed by atoms with Crippen molar-refractivity contribution in [1.82, 2.24) is 0 Å². The maximum absolute atomic E-state index is 13.6. The molecule has 0 amide bonds. The number of aliphatic hydroxyl groups is 1. The standard InChI is InChI=1S/C32H38N2O8S2/c1-31(2)23-11-5-7-13-25(23)33(15-9-17-43(37,38)39)27(31)19-21-29(35)22(30(21)36)20-28-32(3,4)24-12-6-8-14-26(24)34(28)16-10-18-44(40,41)42/h5-8,11-14,19-20,27,35H,9-10,15-18H2,1-4H3,(H,37,38,39)(H,40,41,42)/b21-19?,28-20+. The monoisotopic (exact) mass is 642 g/mol. The summed E-state index contributed by atoms with van der Waals surface area (Å²) >= 11 is 0. The third-order valence-corrected chi connectivity index (χ3v) is 10.6. The van der Waals surface area contributed by atoms with Gasteiger partial charge in [0.1, 0.15) is 5.76 Å². The molecular formula is C32H38N2O8S2. The largest absolute Gasteiger partial charge is 0.506 e. The van der Waals surface area contributed by atoms with Gasteiger partial charge in [-0.25, -0.2) is 0 Å². The molecule has 12 heteroatoms. The van der Waals surface area contributed by atoms with E-state index in [2.05, 4.69) is 0 Å². The minimum Gasteiger partial charge on any atom is -0.506 e. The Morgan fingerprint density at radius 3 is 1.95 bits per heavy atom. The molecule has 2 heterocycles. The predicted molar refractivity (Wildman–Crippen MR) is 170 cm³/mol. The molecule has 3 aliphatic rings. The van der Waals surface area contributed by atoms with Crippen molar-refractivity contribution in [2.75, 3.05) is 34.4 Å². The SMILES string of the molecule is CC1(C)/C(=C\C2=C(O)C(=CC3N(CCCS(=O)(=O)O)c4ccccc4C3(C)C)C2=O)N(CCCS(=O)(=O)O)c2ccccc21. The van der Waals surface area contributed by atoms with Gasteiger partial charge in [0.05, 0.1) is 28.7 Å². The topological polar surface area (TPSA) is 153 Å². The van der Waals surface area contributed by atoms with Crippen LogP contribution >= 0.6 is 0 Å². The Hall–Kier alpha value is -3.45. The Labute approximate surface area is 258 Å². The van der Waals surface area contributed by atoms with Crippen LogP contribution in [-0.4, -0.2) is 67.5 Å². The number of para-hydroxylation sites is 2. The third-order valence-electron chi connectivity index (χ3n) is 8.97. The molecule has 2 aromatic carbocycles. The molecule has 2 aromatic rings. The Morgan fingerprint density at radius 2 is 1.36 bits per heavy atom. The number of anilines is 2. The molecule has 1 unspecified atom stereocenters. The summed E-state index contributed by atoms with van der Waals surface area (Å²) in [6.07, 6.45) is 3.75. The van der Waals surface area contributed by atoms with E-state index in [9.17, 15) is 35.8 Å². The van der Waals surface area contributed by atoms with E-state index in [0.717, 1.165) is 28.2 Å². The summed E-state index contributed by atoms with van der Waals surface area (Å²) in [6.45, 7) is 8.67. The lowest BCUT2D eigenvalue weighted by Gasteiger charge is -2.34. The first-order valence-corrected chi connectivity index (χ1v) is 17.7. The van der Waals surface area contributed by atoms with E-state index in [0.29, 0.717) is 6.54 Å². The second kappa shape index (κ2) is 11.2. The molecule has 0 spiro atoms. The van der Waals surface area contributed by atoms with Gasteiger partial charge in [-0.2, -0.15) is 16.8 Å². The molecule has 236 valence electrons. The van der Waals surface area contributed by atoms with Crippen molar-refractivity contribution >= 4 is 37.4 Å². The first kappa shape index (κ1) is 32.0. The van der Waals surface area contributed by atoms with E-state index in [1.54, 1.807) is 12.2 Å². The number of carbonyl (C=O) groups excluding carboxylic acids is 1. The van der Waals surface area contributed by atoms with Crippen molar-refractivity contribution in [3.05, 3.63) is 94.4 Å². The van der Waals surface area contributed by atoms with E-state index in [1.165, 1.54) is 0 Å². The van der Waals surface area contributed by atoms with Gasteiger partial charge in [0.15, 0.2) is 5.78 Å². The summed E-state index contributed by atoms with van der Waals surface area (Å²) in [5, 5.41) is 11.3. The van der Waals surface area contributed by atoms with Gasteiger partial charge in [0.2, 0.25) is 0 Å². The Kier molecular flexibility index (Phi) is 8.11. The zero-order valence-corrected chi connectivity index (χ0v) is 26.8. The van der Waals surface area contributed by atoms with Crippen molar-refractivity contribution in [3.63, 3.8) is 0 Å². The average molecular weight is 643 g/mol. The first-order chi connectivity index (χ1) is 20.4. The van der Waals surface area contributed by atoms with Gasteiger partial charge < -0.3 is 14.9 Å². The fourth-order valence-electron chi connectivity index (χ4n) is 6.72. The van der Waals surface area contributed by atoms with E-state index in [-0.39, 0.29) is 48.1 Å². The molecule has 5 rings (SSSR count). The maximum atomic E-state index is 13.6. The summed E-state index contributed by atoms with van der Waals surface area (Å²) in [7, 11) is -8.28. The predicted octanol–water partition coefficient (Wildman–Crippen LogP) is 4.71. The van der Waals surface area contributed by atoms with Gasteiger partial charge in [0.25, 0.3) is 20.2 Å². The van der Waals surface area contributed by atoms with Crippen LogP contribution in [0.3, 0.4) is 0 Å². The highest BCUT2D eigenvalue weighted by Crippen LogP contribution is 2.50. The summed E-state index contributed by atoms with van der Waals surface area (Å²) in [5.41, 5.74) is 3.81. The zero-order chi connectivity index (χ0) is 32.2. The summed E-state index contributed by atoms with van der Waals surface area (Å²) in [6, 6.07) is 15.1. The number of rotatable bonds is 10. The van der Waals surface area contributed by atoms with Gasteiger partial charge in [0, 0.05) is 41.0 Å². The van der Waals surface area contributed by atoms with Crippen LogP contribution in [0.4, 0.5) is 11.4 Å². The van der Waals surface area contributed by atoms with Crippen LogP contribution in [0.5, 0.6) is 0 Å². The summed E-state index contributed by atoms with van der Waals surface area (Å²) in [5.74, 6) is -1.27. The molecule has 3 N–H and O–H groups in total. The molecule has 1 atom stereocenters. The molecule has 2 aliphatic heterocycles. The Bertz CT molecular complexity index is 1820. The number of benzene rings is 2. The van der Waals surface area contributed by atoms with Crippen LogP contribution < -0.4 is 9.80 Å². The lowest BCUT2D eigenvalue weighted by molar-refractivity contribution is -0.113. The van der Waals surface area contributed by atoms with Crippen molar-refractivity contribution in [3.8, 4) is 0 Å². The first-order valence-electron chi connectivity index (χ1n) is 14.5. The van der Waals surface area contributed by atoms with Crippen LogP contribution in [0.25, 0.3) is 0 Å². The molecule has 10 nitrogen and oxygen atoms in total. The lowest BCUT2D eigenvalue weighted by Crippen LogP contribution is -2.42. The van der Waals surface area contributed by atoms with Crippen LogP contribution in [0, 0.1) is 0 Å². The summed E-state index contributed by atoms with van der Waals surface area (Å²) in [4.78, 5) is 17.6. The van der Waals surface area contributed by atoms with Gasteiger partial charge in [-0.1, -0.05) is 64.1 Å². The number of nitrogens with zero attached hydrogens (tertiary/aromatic N) is 2. The van der Waals surface area contributed by atoms with E-state index < -0.39 is 42.6 Å². The van der Waals surface area contributed by atoms with Crippen LogP contribution in [0.2, 0.25) is 0 Å². The Balaban J connectivity index is 1.50. The molecule has 1 aliphatic carbocycles. The van der Waals surface area contributed by atoms with Gasteiger partial charge in [-0.15, -0.1) is 0 Å². The number of hydrogen-bond donors (Lipinski definition) is 3. The van der Waals surface area contributed by atoms with Gasteiger partial charge in [-0.05, 0) is 48.3 Å². The molecular weight excluding hydrogens is 604 g/mol.